The molecule has 0 N–H and O–H groups in total. The summed E-state index contributed by atoms with van der Waals surface area (Å²) in [5, 5.41) is 4.14. The molecule has 2 aliphatic rings. The van der Waals surface area contributed by atoms with Crippen LogP contribution in [0.1, 0.15) is 12.5 Å². The fraction of sp³-hybridized carbons (Fsp3) is 0.500. The number of methoxy groups -OCH3 is 1. The standard InChI is InChI=1S/C14H17NO5/c1-3-17-13-12-11(18-14(16-2)19-12)10(15-20-13)9-7-5-4-6-8-9/h4-8,11-14H,3H2,1-2H3/t11-,12-,13-,14?/m1/s1. The van der Waals surface area contributed by atoms with Crippen LogP contribution in [0.25, 0.3) is 0 Å². The van der Waals surface area contributed by atoms with Crippen molar-refractivity contribution < 1.29 is 23.8 Å². The summed E-state index contributed by atoms with van der Waals surface area (Å²) in [4.78, 5) is 5.40. The van der Waals surface area contributed by atoms with E-state index < -0.39 is 18.9 Å². The Morgan fingerprint density at radius 1 is 1.20 bits per heavy atom. The van der Waals surface area contributed by atoms with Gasteiger partial charge < -0.3 is 23.8 Å². The van der Waals surface area contributed by atoms with E-state index in [1.54, 1.807) is 0 Å². The van der Waals surface area contributed by atoms with Crippen LogP contribution in [0.5, 0.6) is 0 Å². The van der Waals surface area contributed by atoms with E-state index in [2.05, 4.69) is 5.16 Å². The van der Waals surface area contributed by atoms with Gasteiger partial charge in [-0.3, -0.25) is 0 Å². The molecule has 108 valence electrons. The highest BCUT2D eigenvalue weighted by atomic mass is 16.9. The van der Waals surface area contributed by atoms with E-state index in [9.17, 15) is 0 Å². The first-order valence-electron chi connectivity index (χ1n) is 6.58. The van der Waals surface area contributed by atoms with Gasteiger partial charge in [0, 0.05) is 19.3 Å². The maximum atomic E-state index is 5.72. The van der Waals surface area contributed by atoms with E-state index in [4.69, 9.17) is 23.8 Å². The monoisotopic (exact) mass is 279 g/mol. The molecule has 20 heavy (non-hydrogen) atoms. The van der Waals surface area contributed by atoms with Gasteiger partial charge in [-0.1, -0.05) is 35.5 Å². The molecule has 1 fully saturated rings. The number of hydrogen-bond donors (Lipinski definition) is 0. The molecule has 2 aliphatic heterocycles. The third-order valence-electron chi connectivity index (χ3n) is 3.21. The highest BCUT2D eigenvalue weighted by Gasteiger charge is 2.49. The van der Waals surface area contributed by atoms with E-state index in [0.717, 1.165) is 5.56 Å². The van der Waals surface area contributed by atoms with Gasteiger partial charge in [0.05, 0.1) is 0 Å². The number of oxime groups is 1. The molecule has 1 unspecified atom stereocenters. The Labute approximate surface area is 117 Å². The summed E-state index contributed by atoms with van der Waals surface area (Å²) in [7, 11) is 1.53. The Hall–Kier alpha value is -1.47. The van der Waals surface area contributed by atoms with Crippen LogP contribution in [-0.2, 0) is 23.8 Å². The Morgan fingerprint density at radius 2 is 2.00 bits per heavy atom. The summed E-state index contributed by atoms with van der Waals surface area (Å²) in [5.74, 6) is 0. The van der Waals surface area contributed by atoms with Gasteiger partial charge in [-0.2, -0.15) is 0 Å². The van der Waals surface area contributed by atoms with E-state index in [0.29, 0.717) is 12.3 Å². The van der Waals surface area contributed by atoms with Crippen molar-refractivity contribution in [1.29, 1.82) is 0 Å². The van der Waals surface area contributed by atoms with Crippen molar-refractivity contribution >= 4 is 5.71 Å². The molecule has 0 bridgehead atoms. The van der Waals surface area contributed by atoms with Crippen molar-refractivity contribution in [2.75, 3.05) is 13.7 Å². The largest absolute Gasteiger partial charge is 0.360 e. The predicted octanol–water partition coefficient (Wildman–Crippen LogP) is 1.50. The Morgan fingerprint density at radius 3 is 2.70 bits per heavy atom. The summed E-state index contributed by atoms with van der Waals surface area (Å²) >= 11 is 0. The number of rotatable bonds is 4. The predicted molar refractivity (Wildman–Crippen MR) is 70.0 cm³/mol. The summed E-state index contributed by atoms with van der Waals surface area (Å²) < 4.78 is 22.0. The van der Waals surface area contributed by atoms with Crippen molar-refractivity contribution in [3.63, 3.8) is 0 Å². The molecule has 0 radical (unpaired) electrons. The Kier molecular flexibility index (Phi) is 3.98. The van der Waals surface area contributed by atoms with Crippen LogP contribution in [0, 0.1) is 0 Å². The average Bonchev–Trinajstić information content (AvgIpc) is 2.93. The maximum absolute atomic E-state index is 5.72. The zero-order chi connectivity index (χ0) is 13.9. The van der Waals surface area contributed by atoms with Gasteiger partial charge in [0.1, 0.15) is 11.8 Å². The first kappa shape index (κ1) is 13.5. The van der Waals surface area contributed by atoms with Crippen LogP contribution in [0.3, 0.4) is 0 Å². The SMILES string of the molecule is CCO[C@@H]1ON=C(c2ccccc2)[C@H]2OC(OC)O[C@@H]12. The highest BCUT2D eigenvalue weighted by Crippen LogP contribution is 2.31. The van der Waals surface area contributed by atoms with Gasteiger partial charge in [0.25, 0.3) is 12.8 Å². The van der Waals surface area contributed by atoms with E-state index >= 15 is 0 Å². The Bertz CT molecular complexity index is 478. The molecule has 3 rings (SSSR count). The lowest BCUT2D eigenvalue weighted by Gasteiger charge is -2.29. The molecule has 0 saturated carbocycles. The Balaban J connectivity index is 1.88. The second-order valence-corrected chi connectivity index (χ2v) is 4.45. The minimum absolute atomic E-state index is 0.368. The molecule has 0 aliphatic carbocycles. The van der Waals surface area contributed by atoms with Gasteiger partial charge in [-0.05, 0) is 6.92 Å². The van der Waals surface area contributed by atoms with Gasteiger partial charge >= 0.3 is 0 Å². The van der Waals surface area contributed by atoms with E-state index in [-0.39, 0.29) is 6.10 Å². The summed E-state index contributed by atoms with van der Waals surface area (Å²) in [5.41, 5.74) is 1.61. The van der Waals surface area contributed by atoms with Crippen LogP contribution in [0.4, 0.5) is 0 Å². The van der Waals surface area contributed by atoms with Gasteiger partial charge in [-0.25, -0.2) is 0 Å². The lowest BCUT2D eigenvalue weighted by atomic mass is 10.0. The number of hydrogen-bond acceptors (Lipinski definition) is 6. The normalized spacial score (nSPS) is 32.4. The van der Waals surface area contributed by atoms with Gasteiger partial charge in [0.15, 0.2) is 6.10 Å². The summed E-state index contributed by atoms with van der Waals surface area (Å²) in [6.45, 7) is 1.66. The lowest BCUT2D eigenvalue weighted by Crippen LogP contribution is -2.46. The zero-order valence-electron chi connectivity index (χ0n) is 11.4. The number of benzene rings is 1. The second-order valence-electron chi connectivity index (χ2n) is 4.45. The summed E-state index contributed by atoms with van der Waals surface area (Å²) in [6, 6.07) is 9.71. The quantitative estimate of drug-likeness (QED) is 0.836. The van der Waals surface area contributed by atoms with Crippen molar-refractivity contribution in [2.45, 2.75) is 31.9 Å². The molecular weight excluding hydrogens is 262 g/mol. The molecule has 1 aromatic carbocycles. The molecule has 4 atom stereocenters. The molecule has 6 nitrogen and oxygen atoms in total. The molecular formula is C14H17NO5. The molecule has 0 amide bonds. The first-order chi connectivity index (χ1) is 9.83. The number of ether oxygens (including phenoxy) is 4. The molecule has 2 heterocycles. The van der Waals surface area contributed by atoms with Crippen molar-refractivity contribution in [2.24, 2.45) is 5.16 Å². The minimum atomic E-state index is -0.733. The first-order valence-corrected chi connectivity index (χ1v) is 6.58. The van der Waals surface area contributed by atoms with E-state index in [1.165, 1.54) is 7.11 Å². The number of fused-ring (bicyclic) bond motifs is 1. The van der Waals surface area contributed by atoms with Crippen molar-refractivity contribution in [3.05, 3.63) is 35.9 Å². The highest BCUT2D eigenvalue weighted by molar-refractivity contribution is 6.04. The number of nitrogens with zero attached hydrogens (tertiary/aromatic N) is 1. The topological polar surface area (TPSA) is 58.5 Å². The van der Waals surface area contributed by atoms with Crippen LogP contribution >= 0.6 is 0 Å². The van der Waals surface area contributed by atoms with Gasteiger partial charge in [-0.15, -0.1) is 0 Å². The second kappa shape index (κ2) is 5.88. The smallest absolute Gasteiger partial charge is 0.272 e. The third kappa shape index (κ3) is 2.43. The fourth-order valence-corrected chi connectivity index (χ4v) is 2.30. The maximum Gasteiger partial charge on any atom is 0.272 e. The van der Waals surface area contributed by atoms with Crippen molar-refractivity contribution in [1.82, 2.24) is 0 Å². The van der Waals surface area contributed by atoms with Crippen LogP contribution < -0.4 is 0 Å². The van der Waals surface area contributed by atoms with Crippen LogP contribution in [0.15, 0.2) is 35.5 Å². The van der Waals surface area contributed by atoms with Crippen LogP contribution in [0.2, 0.25) is 0 Å². The van der Waals surface area contributed by atoms with Gasteiger partial charge in [0.2, 0.25) is 0 Å². The molecule has 0 aromatic heterocycles. The van der Waals surface area contributed by atoms with Crippen molar-refractivity contribution in [3.8, 4) is 0 Å². The molecule has 1 aromatic rings. The minimum Gasteiger partial charge on any atom is -0.360 e. The molecule has 6 heteroatoms. The lowest BCUT2D eigenvalue weighted by molar-refractivity contribution is -0.253. The molecule has 0 spiro atoms. The molecule has 1 saturated heterocycles. The van der Waals surface area contributed by atoms with Crippen LogP contribution in [-0.4, -0.2) is 44.4 Å². The summed E-state index contributed by atoms with van der Waals surface area (Å²) in [6.07, 6.45) is -1.35. The third-order valence-corrected chi connectivity index (χ3v) is 3.21. The van der Waals surface area contributed by atoms with E-state index in [1.807, 2.05) is 37.3 Å². The fourth-order valence-electron chi connectivity index (χ4n) is 2.30. The average molecular weight is 279 g/mol. The zero-order valence-corrected chi connectivity index (χ0v) is 11.4.